The minimum atomic E-state index is 0.639. The SMILES string of the molecule is C=C(CC=C(N=C(C)c1ccc(-c2ccccc2)cc1)c1ccc(-c2cc(-c3ccc4c(c3)c3ccccc3n4-c3ccccc3)cc(-c3ccc4c(c3)c3ccccc3n4-c3ccccc3)c2)cc1)c1ccc(-c2ccccc2)cc1. The summed E-state index contributed by atoms with van der Waals surface area (Å²) >= 11 is 0. The maximum absolute atomic E-state index is 5.42. The fourth-order valence-corrected chi connectivity index (χ4v) is 11.9. The molecule has 0 aliphatic carbocycles. The molecule has 0 N–H and O–H groups in total. The van der Waals surface area contributed by atoms with Crippen molar-refractivity contribution in [3.8, 4) is 67.0 Å². The molecule has 2 aromatic heterocycles. The lowest BCUT2D eigenvalue weighted by molar-refractivity contribution is 1.18. The largest absolute Gasteiger partial charge is 0.309 e. The molecule has 0 aliphatic rings. The number of rotatable bonds is 13. The minimum Gasteiger partial charge on any atom is -0.309 e. The molecule has 0 bridgehead atoms. The van der Waals surface area contributed by atoms with Crippen LogP contribution >= 0.6 is 0 Å². The van der Waals surface area contributed by atoms with Gasteiger partial charge >= 0.3 is 0 Å². The van der Waals surface area contributed by atoms with Gasteiger partial charge in [0.15, 0.2) is 0 Å². The van der Waals surface area contributed by atoms with E-state index in [9.17, 15) is 0 Å². The van der Waals surface area contributed by atoms with Crippen molar-refractivity contribution in [3.05, 3.63) is 327 Å². The summed E-state index contributed by atoms with van der Waals surface area (Å²) in [5, 5.41) is 4.90. The average Bonchev–Trinajstić information content (AvgIpc) is 3.30. The molecule has 0 aliphatic heterocycles. The molecule has 0 amide bonds. The van der Waals surface area contributed by atoms with E-state index in [1.165, 1.54) is 65.9 Å². The Morgan fingerprint density at radius 3 is 1.12 bits per heavy atom. The maximum atomic E-state index is 5.42. The average molecular weight is 1050 g/mol. The Kier molecular flexibility index (Phi) is 13.1. The standard InChI is InChI=1S/C79H57N3/c1-54(56-32-36-60(37-33-56)58-19-7-3-8-20-58)31-46-75(80-55(2)57-34-38-61(39-35-57)59-21-9-4-10-22-59)63-42-40-62(41-43-63)66-49-67(64-44-47-78-73(52-64)71-27-15-17-29-76(71)81(78)69-23-11-5-12-24-69)51-68(50-66)65-45-48-79-74(53-65)72-28-16-18-30-77(72)82(79)70-25-13-6-14-26-70/h3-30,32-53H,1,31H2,2H3. The number of aliphatic imine (C=N–C) groups is 1. The van der Waals surface area contributed by atoms with Crippen molar-refractivity contribution < 1.29 is 0 Å². The van der Waals surface area contributed by atoms with Gasteiger partial charge in [-0.25, -0.2) is 0 Å². The Morgan fingerprint density at radius 1 is 0.317 bits per heavy atom. The fraction of sp³-hybridized carbons (Fsp3) is 0.0253. The van der Waals surface area contributed by atoms with E-state index in [-0.39, 0.29) is 0 Å². The first kappa shape index (κ1) is 49.7. The summed E-state index contributed by atoms with van der Waals surface area (Å²) in [4.78, 5) is 5.42. The Bertz CT molecular complexity index is 4540. The number of para-hydroxylation sites is 4. The number of nitrogens with zero attached hydrogens (tertiary/aromatic N) is 3. The topological polar surface area (TPSA) is 22.2 Å². The molecule has 14 rings (SSSR count). The summed E-state index contributed by atoms with van der Waals surface area (Å²) in [5.41, 5.74) is 24.8. The summed E-state index contributed by atoms with van der Waals surface area (Å²) in [5.74, 6) is 0. The minimum absolute atomic E-state index is 0.639. The van der Waals surface area contributed by atoms with Gasteiger partial charge in [-0.05, 0) is 170 Å². The van der Waals surface area contributed by atoms with Crippen LogP contribution in [0.4, 0.5) is 0 Å². The third-order valence-electron chi connectivity index (χ3n) is 16.1. The highest BCUT2D eigenvalue weighted by molar-refractivity contribution is 6.12. The van der Waals surface area contributed by atoms with Gasteiger partial charge in [-0.1, -0.05) is 231 Å². The highest BCUT2D eigenvalue weighted by Gasteiger charge is 2.18. The molecule has 0 saturated heterocycles. The summed E-state index contributed by atoms with van der Waals surface area (Å²) in [6.07, 6.45) is 2.87. The molecule has 3 nitrogen and oxygen atoms in total. The van der Waals surface area contributed by atoms with Crippen molar-refractivity contribution in [3.63, 3.8) is 0 Å². The Morgan fingerprint density at radius 2 is 0.659 bits per heavy atom. The van der Waals surface area contributed by atoms with Crippen LogP contribution in [0.2, 0.25) is 0 Å². The van der Waals surface area contributed by atoms with Crippen LogP contribution in [0.5, 0.6) is 0 Å². The van der Waals surface area contributed by atoms with Crippen molar-refractivity contribution in [1.29, 1.82) is 0 Å². The van der Waals surface area contributed by atoms with Crippen molar-refractivity contribution in [2.75, 3.05) is 0 Å². The van der Waals surface area contributed by atoms with E-state index in [0.717, 1.165) is 78.4 Å². The van der Waals surface area contributed by atoms with Crippen LogP contribution in [0.3, 0.4) is 0 Å². The molecule has 82 heavy (non-hydrogen) atoms. The zero-order chi connectivity index (χ0) is 54.9. The van der Waals surface area contributed by atoms with E-state index in [0.29, 0.717) is 6.42 Å². The van der Waals surface area contributed by atoms with Gasteiger partial charge in [0.1, 0.15) is 0 Å². The monoisotopic (exact) mass is 1050 g/mol. The molecule has 0 radical (unpaired) electrons. The molecule has 3 heteroatoms. The molecule has 2 heterocycles. The van der Waals surface area contributed by atoms with Gasteiger partial charge in [-0.3, -0.25) is 4.99 Å². The van der Waals surface area contributed by atoms with Gasteiger partial charge in [0.05, 0.1) is 27.8 Å². The third kappa shape index (κ3) is 9.55. The molecule has 12 aromatic carbocycles. The molecular weight excluding hydrogens is 991 g/mol. The van der Waals surface area contributed by atoms with Gasteiger partial charge in [0.2, 0.25) is 0 Å². The van der Waals surface area contributed by atoms with E-state index in [1.807, 2.05) is 0 Å². The van der Waals surface area contributed by atoms with Crippen molar-refractivity contribution in [1.82, 2.24) is 9.13 Å². The van der Waals surface area contributed by atoms with Crippen molar-refractivity contribution >= 4 is 60.6 Å². The smallest absolute Gasteiger partial charge is 0.0668 e. The molecule has 388 valence electrons. The lowest BCUT2D eigenvalue weighted by Crippen LogP contribution is -1.96. The highest BCUT2D eigenvalue weighted by Crippen LogP contribution is 2.41. The number of allylic oxidation sites excluding steroid dienone is 2. The zero-order valence-electron chi connectivity index (χ0n) is 45.6. The fourth-order valence-electron chi connectivity index (χ4n) is 11.9. The molecule has 0 fully saturated rings. The van der Waals surface area contributed by atoms with Gasteiger partial charge in [0, 0.05) is 38.6 Å². The number of hydrogen-bond donors (Lipinski definition) is 0. The molecular formula is C79H57N3. The van der Waals surface area contributed by atoms with E-state index < -0.39 is 0 Å². The lowest BCUT2D eigenvalue weighted by Gasteiger charge is -2.14. The Labute approximate surface area is 479 Å². The molecule has 0 unspecified atom stereocenters. The summed E-state index contributed by atoms with van der Waals surface area (Å²) < 4.78 is 4.77. The first-order valence-electron chi connectivity index (χ1n) is 28.2. The van der Waals surface area contributed by atoms with Crippen LogP contribution in [0, 0.1) is 0 Å². The second-order valence-electron chi connectivity index (χ2n) is 21.2. The second kappa shape index (κ2) is 21.6. The lowest BCUT2D eigenvalue weighted by atomic mass is 9.92. The third-order valence-corrected chi connectivity index (χ3v) is 16.1. The summed E-state index contributed by atoms with van der Waals surface area (Å²) in [6, 6.07) is 107. The quantitative estimate of drug-likeness (QED) is 0.103. The van der Waals surface area contributed by atoms with Crippen LogP contribution in [-0.4, -0.2) is 14.8 Å². The second-order valence-corrected chi connectivity index (χ2v) is 21.2. The molecule has 0 atom stereocenters. The predicted octanol–water partition coefficient (Wildman–Crippen LogP) is 21.2. The van der Waals surface area contributed by atoms with Gasteiger partial charge in [-0.15, -0.1) is 0 Å². The number of hydrogen-bond acceptors (Lipinski definition) is 1. The number of aromatic nitrogens is 2. The van der Waals surface area contributed by atoms with Gasteiger partial charge in [-0.2, -0.15) is 0 Å². The van der Waals surface area contributed by atoms with E-state index in [1.54, 1.807) is 0 Å². The normalized spacial score (nSPS) is 12.0. The molecule has 14 aromatic rings. The summed E-state index contributed by atoms with van der Waals surface area (Å²) in [6.45, 7) is 6.70. The number of fused-ring (bicyclic) bond motifs is 6. The van der Waals surface area contributed by atoms with Crippen LogP contribution in [0.25, 0.3) is 122 Å². The zero-order valence-corrected chi connectivity index (χ0v) is 45.6. The van der Waals surface area contributed by atoms with E-state index >= 15 is 0 Å². The van der Waals surface area contributed by atoms with Crippen LogP contribution < -0.4 is 0 Å². The Hall–Kier alpha value is -10.6. The van der Waals surface area contributed by atoms with E-state index in [4.69, 9.17) is 4.99 Å². The van der Waals surface area contributed by atoms with E-state index in [2.05, 4.69) is 326 Å². The van der Waals surface area contributed by atoms with Crippen LogP contribution in [0.15, 0.2) is 315 Å². The van der Waals surface area contributed by atoms with Gasteiger partial charge in [0.25, 0.3) is 0 Å². The molecule has 0 saturated carbocycles. The maximum Gasteiger partial charge on any atom is 0.0668 e. The molecule has 0 spiro atoms. The first-order valence-corrected chi connectivity index (χ1v) is 28.2. The van der Waals surface area contributed by atoms with Gasteiger partial charge < -0.3 is 9.13 Å². The number of benzene rings is 12. The van der Waals surface area contributed by atoms with Crippen LogP contribution in [-0.2, 0) is 0 Å². The Balaban J connectivity index is 0.874. The first-order chi connectivity index (χ1) is 40.5. The van der Waals surface area contributed by atoms with Crippen molar-refractivity contribution in [2.24, 2.45) is 4.99 Å². The predicted molar refractivity (Wildman–Crippen MR) is 349 cm³/mol. The summed E-state index contributed by atoms with van der Waals surface area (Å²) in [7, 11) is 0. The van der Waals surface area contributed by atoms with Crippen LogP contribution in [0.1, 0.15) is 30.0 Å². The van der Waals surface area contributed by atoms with Crippen molar-refractivity contribution in [2.45, 2.75) is 13.3 Å². The highest BCUT2D eigenvalue weighted by atomic mass is 15.0.